The van der Waals surface area contributed by atoms with Gasteiger partial charge in [-0.2, -0.15) is 4.31 Å². The molecule has 0 atom stereocenters. The first-order valence-corrected chi connectivity index (χ1v) is 27.4. The van der Waals surface area contributed by atoms with Crippen LogP contribution in [0.1, 0.15) is 45.5 Å². The molecular weight excluding hydrogens is 993 g/mol. The van der Waals surface area contributed by atoms with E-state index in [1.807, 2.05) is 60.7 Å². The number of likely N-dealkylation sites (tertiary alicyclic amines) is 2. The summed E-state index contributed by atoms with van der Waals surface area (Å²) >= 11 is 0. The fourth-order valence-corrected chi connectivity index (χ4v) is 11.4. The molecule has 6 aromatic rings. The van der Waals surface area contributed by atoms with Crippen molar-refractivity contribution in [2.45, 2.75) is 30.8 Å². The molecule has 17 heteroatoms. The van der Waals surface area contributed by atoms with E-state index in [0.29, 0.717) is 42.4 Å². The summed E-state index contributed by atoms with van der Waals surface area (Å²) in [5, 5.41) is 11.8. The van der Waals surface area contributed by atoms with Crippen LogP contribution in [0.3, 0.4) is 0 Å². The highest BCUT2D eigenvalue weighted by Crippen LogP contribution is 2.36. The molecule has 1 aromatic heterocycles. The lowest BCUT2D eigenvalue weighted by molar-refractivity contribution is -0.148. The number of ether oxygens (including phenoxy) is 2. The fourth-order valence-electron chi connectivity index (χ4n) is 9.86. The summed E-state index contributed by atoms with van der Waals surface area (Å²) in [6, 6.07) is 49.3. The van der Waals surface area contributed by atoms with Crippen molar-refractivity contribution in [3.63, 3.8) is 0 Å². The number of carboxylic acids is 1. The number of pyridine rings is 1. The molecule has 410 valence electrons. The van der Waals surface area contributed by atoms with Crippen molar-refractivity contribution in [2.75, 3.05) is 106 Å². The van der Waals surface area contributed by atoms with E-state index < -0.39 is 16.0 Å². The summed E-state index contributed by atoms with van der Waals surface area (Å²) in [5.74, 6) is 0.251. The van der Waals surface area contributed by atoms with Gasteiger partial charge in [0.25, 0.3) is 0 Å². The number of carboxylic acid groups (broad SMARTS) is 1. The highest BCUT2D eigenvalue weighted by Gasteiger charge is 2.39. The van der Waals surface area contributed by atoms with Crippen molar-refractivity contribution in [1.82, 2.24) is 29.3 Å². The molecule has 0 radical (unpaired) electrons. The topological polar surface area (TPSA) is 191 Å². The zero-order chi connectivity index (χ0) is 55.5. The standard InChI is InChI=1S/C24H34N4O5S.C18H20N2O.C17H17NO2.CH5N/c1-18-12-22(32-5)13-19(2)24(18)34(30,31)27(4)10-11-33-17-23(29)26(3)14-20-15-28(16-20)21-6-8-25-9-7-21;1-19-18(21)16-12-20(13-16)17(14-8-4-2-5-9-14)15-10-6-3-7-11-15;19-17(20)15-11-18(12-15)16(13-7-3-1-4-8-13)14-9-5-2-6-10-14;1-2/h6-9,12-13,20H,10-11,14-17H2,1-5H3;2-11,16-17H,12-13H2,1H3,(H,19,21);1-10,15-16H,11-12H2,(H,19,20);2H2,1H3. The van der Waals surface area contributed by atoms with Gasteiger partial charge < -0.3 is 35.4 Å². The van der Waals surface area contributed by atoms with Gasteiger partial charge in [0.15, 0.2) is 0 Å². The minimum absolute atomic E-state index is 0.0776. The van der Waals surface area contributed by atoms with Gasteiger partial charge in [0.05, 0.1) is 42.5 Å². The van der Waals surface area contributed by atoms with E-state index in [1.165, 1.54) is 40.7 Å². The molecule has 3 aliphatic heterocycles. The number of sulfonamides is 1. The Morgan fingerprint density at radius 2 is 1.13 bits per heavy atom. The number of nitrogens with one attached hydrogen (secondary N) is 1. The van der Waals surface area contributed by atoms with Gasteiger partial charge in [-0.25, -0.2) is 8.42 Å². The average Bonchev–Trinajstić information content (AvgIpc) is 3.41. The van der Waals surface area contributed by atoms with E-state index in [0.717, 1.165) is 31.9 Å². The summed E-state index contributed by atoms with van der Waals surface area (Å²) in [6.07, 6.45) is 3.55. The van der Waals surface area contributed by atoms with E-state index in [2.05, 4.69) is 104 Å². The van der Waals surface area contributed by atoms with Gasteiger partial charge >= 0.3 is 5.97 Å². The molecule has 3 aliphatic rings. The Bertz CT molecular complexity index is 2770. The predicted molar refractivity (Wildman–Crippen MR) is 302 cm³/mol. The molecule has 9 rings (SSSR count). The van der Waals surface area contributed by atoms with Gasteiger partial charge in [-0.05, 0) is 78.5 Å². The normalized spacial score (nSPS) is 14.8. The quantitative estimate of drug-likeness (QED) is 0.0723. The first-order valence-electron chi connectivity index (χ1n) is 26.0. The number of hydrogen-bond acceptors (Lipinski definition) is 12. The lowest BCUT2D eigenvalue weighted by atomic mass is 9.90. The summed E-state index contributed by atoms with van der Waals surface area (Å²) in [5.41, 5.74) is 11.9. The van der Waals surface area contributed by atoms with Crippen molar-refractivity contribution in [1.29, 1.82) is 0 Å². The van der Waals surface area contributed by atoms with Crippen LogP contribution in [-0.4, -0.2) is 156 Å². The van der Waals surface area contributed by atoms with Crippen LogP contribution in [0, 0.1) is 31.6 Å². The number of rotatable bonds is 19. The van der Waals surface area contributed by atoms with Crippen molar-refractivity contribution < 1.29 is 37.4 Å². The van der Waals surface area contributed by atoms with Gasteiger partial charge in [-0.15, -0.1) is 0 Å². The van der Waals surface area contributed by atoms with Crippen LogP contribution >= 0.6 is 0 Å². The molecular formula is C60H76N8O8S. The lowest BCUT2D eigenvalue weighted by Crippen LogP contribution is -2.54. The molecule has 0 bridgehead atoms. The lowest BCUT2D eigenvalue weighted by Gasteiger charge is -2.43. The minimum Gasteiger partial charge on any atom is -0.497 e. The third kappa shape index (κ3) is 15.8. The number of nitrogens with two attached hydrogens (primary N) is 1. The molecule has 0 aliphatic carbocycles. The van der Waals surface area contributed by atoms with Crippen molar-refractivity contribution >= 4 is 33.5 Å². The number of carbonyl (C=O) groups is 3. The van der Waals surface area contributed by atoms with Crippen LogP contribution in [0.25, 0.3) is 0 Å². The Labute approximate surface area is 455 Å². The Hall–Kier alpha value is -6.99. The average molecular weight is 1070 g/mol. The Kier molecular flexibility index (Phi) is 22.3. The molecule has 3 fully saturated rings. The maximum absolute atomic E-state index is 13.0. The summed E-state index contributed by atoms with van der Waals surface area (Å²) in [6.45, 7) is 9.01. The number of carbonyl (C=O) groups excluding carboxylic acids is 2. The monoisotopic (exact) mass is 1070 g/mol. The summed E-state index contributed by atoms with van der Waals surface area (Å²) < 4.78 is 38.1. The first-order chi connectivity index (χ1) is 37.2. The molecule has 2 amide bonds. The van der Waals surface area contributed by atoms with Crippen LogP contribution in [0.4, 0.5) is 5.69 Å². The molecule has 77 heavy (non-hydrogen) atoms. The minimum atomic E-state index is -3.69. The maximum Gasteiger partial charge on any atom is 0.309 e. The van der Waals surface area contributed by atoms with Gasteiger partial charge in [-0.1, -0.05) is 121 Å². The smallest absolute Gasteiger partial charge is 0.309 e. The third-order valence-corrected chi connectivity index (χ3v) is 16.2. The van der Waals surface area contributed by atoms with Gasteiger partial charge in [0, 0.05) is 97.5 Å². The van der Waals surface area contributed by atoms with E-state index in [-0.39, 0.29) is 60.4 Å². The van der Waals surface area contributed by atoms with E-state index in [9.17, 15) is 22.8 Å². The third-order valence-electron chi connectivity index (χ3n) is 14.0. The van der Waals surface area contributed by atoms with Crippen LogP contribution in [-0.2, 0) is 29.1 Å². The maximum atomic E-state index is 13.0. The molecule has 0 unspecified atom stereocenters. The number of benzene rings is 5. The fraction of sp³-hybridized carbons (Fsp3) is 0.367. The van der Waals surface area contributed by atoms with Crippen molar-refractivity contribution in [2.24, 2.45) is 23.5 Å². The SMILES string of the molecule is CN.CNC(=O)C1CN(C(c2ccccc2)c2ccccc2)C1.COc1cc(C)c(S(=O)(=O)N(C)CCOCC(=O)N(C)CC2CN(c3ccncc3)C2)c(C)c1.O=C(O)C1CN(C(c2ccccc2)c2ccccc2)C1. The Morgan fingerprint density at radius 1 is 0.701 bits per heavy atom. The molecule has 16 nitrogen and oxygen atoms in total. The summed E-state index contributed by atoms with van der Waals surface area (Å²) in [7, 11) is 4.35. The van der Waals surface area contributed by atoms with Gasteiger partial charge in [0.2, 0.25) is 21.8 Å². The van der Waals surface area contributed by atoms with E-state index >= 15 is 0 Å². The Balaban J connectivity index is 0.000000193. The molecule has 0 saturated carbocycles. The number of anilines is 1. The number of amides is 2. The van der Waals surface area contributed by atoms with Crippen LogP contribution in [0.15, 0.2) is 163 Å². The van der Waals surface area contributed by atoms with Crippen LogP contribution in [0.2, 0.25) is 0 Å². The number of likely N-dealkylation sites (N-methyl/N-ethyl adjacent to an activating group) is 2. The van der Waals surface area contributed by atoms with Crippen LogP contribution in [0.5, 0.6) is 5.75 Å². The second-order valence-corrected chi connectivity index (χ2v) is 21.4. The second kappa shape index (κ2) is 28.9. The number of nitrogens with zero attached hydrogens (tertiary/aromatic N) is 6. The molecule has 4 N–H and O–H groups in total. The predicted octanol–water partition coefficient (Wildman–Crippen LogP) is 6.76. The first kappa shape index (κ1) is 59.3. The number of aliphatic carboxylic acids is 1. The number of hydrogen-bond donors (Lipinski definition) is 3. The second-order valence-electron chi connectivity index (χ2n) is 19.4. The molecule has 0 spiro atoms. The number of aromatic nitrogens is 1. The largest absolute Gasteiger partial charge is 0.497 e. The Morgan fingerprint density at radius 3 is 1.53 bits per heavy atom. The number of aryl methyl sites for hydroxylation is 2. The zero-order valence-corrected chi connectivity index (χ0v) is 46.3. The zero-order valence-electron chi connectivity index (χ0n) is 45.4. The van der Waals surface area contributed by atoms with Gasteiger partial charge in [-0.3, -0.25) is 29.2 Å². The highest BCUT2D eigenvalue weighted by atomic mass is 32.2. The van der Waals surface area contributed by atoms with Crippen LogP contribution < -0.4 is 20.7 Å². The number of methoxy groups -OCH3 is 1. The highest BCUT2D eigenvalue weighted by molar-refractivity contribution is 7.89. The van der Waals surface area contributed by atoms with E-state index in [1.54, 1.807) is 64.5 Å². The van der Waals surface area contributed by atoms with Crippen molar-refractivity contribution in [3.05, 3.63) is 191 Å². The summed E-state index contributed by atoms with van der Waals surface area (Å²) in [4.78, 5) is 47.9. The van der Waals surface area contributed by atoms with Crippen molar-refractivity contribution in [3.8, 4) is 5.75 Å². The molecule has 5 aromatic carbocycles. The van der Waals surface area contributed by atoms with E-state index in [4.69, 9.17) is 14.6 Å². The van der Waals surface area contributed by atoms with Gasteiger partial charge in [0.1, 0.15) is 12.4 Å². The molecule has 4 heterocycles. The molecule has 3 saturated heterocycles.